The van der Waals surface area contributed by atoms with Crippen molar-refractivity contribution in [2.24, 2.45) is 0 Å². The second-order valence-corrected chi connectivity index (χ2v) is 8.43. The fourth-order valence-electron chi connectivity index (χ4n) is 4.41. The van der Waals surface area contributed by atoms with Gasteiger partial charge in [0, 0.05) is 38.4 Å². The van der Waals surface area contributed by atoms with Crippen LogP contribution in [0.2, 0.25) is 0 Å². The highest BCUT2D eigenvalue weighted by atomic mass is 16.5. The Bertz CT molecular complexity index is 1050. The van der Waals surface area contributed by atoms with E-state index in [1.807, 2.05) is 61.0 Å². The van der Waals surface area contributed by atoms with E-state index < -0.39 is 0 Å². The first kappa shape index (κ1) is 22.9. The zero-order valence-electron chi connectivity index (χ0n) is 19.8. The number of anilines is 1. The summed E-state index contributed by atoms with van der Waals surface area (Å²) in [7, 11) is 1.69. The summed E-state index contributed by atoms with van der Waals surface area (Å²) in [6.07, 6.45) is 0.930. The zero-order chi connectivity index (χ0) is 23.2. The maximum absolute atomic E-state index is 12.8. The number of methoxy groups -OCH3 is 1. The number of amides is 1. The minimum absolute atomic E-state index is 0.0449. The number of nitrogens with one attached hydrogen (secondary N) is 1. The van der Waals surface area contributed by atoms with E-state index in [9.17, 15) is 4.79 Å². The van der Waals surface area contributed by atoms with Crippen LogP contribution < -0.4 is 15.0 Å². The van der Waals surface area contributed by atoms with Gasteiger partial charge in [-0.3, -0.25) is 9.69 Å². The summed E-state index contributed by atoms with van der Waals surface area (Å²) in [6.45, 7) is 9.56. The lowest BCUT2D eigenvalue weighted by Crippen LogP contribution is -2.47. The first-order valence-electron chi connectivity index (χ1n) is 11.6. The molecule has 2 aromatic carbocycles. The van der Waals surface area contributed by atoms with Gasteiger partial charge in [0.05, 0.1) is 29.7 Å². The molecular weight excluding hydrogens is 414 g/mol. The molecule has 0 atom stereocenters. The second-order valence-electron chi connectivity index (χ2n) is 8.43. The molecule has 1 fully saturated rings. The Morgan fingerprint density at radius 1 is 0.970 bits per heavy atom. The number of aryl methyl sites for hydroxylation is 1. The van der Waals surface area contributed by atoms with E-state index in [0.29, 0.717) is 12.1 Å². The summed E-state index contributed by atoms with van der Waals surface area (Å²) in [6, 6.07) is 18.2. The van der Waals surface area contributed by atoms with Gasteiger partial charge >= 0.3 is 0 Å². The number of carbonyl (C=O) groups is 1. The first-order valence-corrected chi connectivity index (χ1v) is 11.6. The van der Waals surface area contributed by atoms with Gasteiger partial charge in [0.2, 0.25) is 0 Å². The number of para-hydroxylation sites is 1. The molecule has 1 amide bonds. The number of carbonyl (C=O) groups excluding carboxylic acids is 1. The standard InChI is InChI=1S/C26H33N5O2/c1-20-25(21(2)31(28-20)23-8-5-4-6-9-23)26(32)27-14-7-15-29-16-18-30(19-17-29)22-10-12-24(33-3)13-11-22/h4-6,8-13H,7,14-19H2,1-3H3,(H,27,32). The van der Waals surface area contributed by atoms with Crippen LogP contribution in [0.15, 0.2) is 54.6 Å². The summed E-state index contributed by atoms with van der Waals surface area (Å²) in [5.41, 5.74) is 4.50. The topological polar surface area (TPSA) is 62.6 Å². The van der Waals surface area contributed by atoms with Crippen LogP contribution in [-0.4, -0.2) is 67.0 Å². The highest BCUT2D eigenvalue weighted by Crippen LogP contribution is 2.21. The molecule has 1 aromatic heterocycles. The van der Waals surface area contributed by atoms with Crippen LogP contribution in [0.4, 0.5) is 5.69 Å². The smallest absolute Gasteiger partial charge is 0.255 e. The molecule has 0 spiro atoms. The van der Waals surface area contributed by atoms with Crippen molar-refractivity contribution in [1.29, 1.82) is 0 Å². The third-order valence-corrected chi connectivity index (χ3v) is 6.27. The molecule has 0 radical (unpaired) electrons. The van der Waals surface area contributed by atoms with E-state index in [1.165, 1.54) is 5.69 Å². The molecule has 7 nitrogen and oxygen atoms in total. The van der Waals surface area contributed by atoms with Crippen LogP contribution in [-0.2, 0) is 0 Å². The lowest BCUT2D eigenvalue weighted by molar-refractivity contribution is 0.0950. The minimum atomic E-state index is -0.0449. The van der Waals surface area contributed by atoms with Crippen molar-refractivity contribution in [1.82, 2.24) is 20.0 Å². The monoisotopic (exact) mass is 447 g/mol. The van der Waals surface area contributed by atoms with Crippen molar-refractivity contribution in [3.05, 3.63) is 71.5 Å². The maximum Gasteiger partial charge on any atom is 0.255 e. The third kappa shape index (κ3) is 5.37. The fraction of sp³-hybridized carbons (Fsp3) is 0.385. The SMILES string of the molecule is COc1ccc(N2CCN(CCCNC(=O)c3c(C)nn(-c4ccccc4)c3C)CC2)cc1. The quantitative estimate of drug-likeness (QED) is 0.536. The van der Waals surface area contributed by atoms with Crippen molar-refractivity contribution < 1.29 is 9.53 Å². The van der Waals surface area contributed by atoms with Crippen molar-refractivity contribution in [3.63, 3.8) is 0 Å². The Morgan fingerprint density at radius 3 is 2.33 bits per heavy atom. The molecule has 0 bridgehead atoms. The lowest BCUT2D eigenvalue weighted by atomic mass is 10.2. The predicted octanol–water partition coefficient (Wildman–Crippen LogP) is 3.44. The van der Waals surface area contributed by atoms with Gasteiger partial charge in [-0.1, -0.05) is 18.2 Å². The van der Waals surface area contributed by atoms with Gasteiger partial charge < -0.3 is 15.0 Å². The fourth-order valence-corrected chi connectivity index (χ4v) is 4.41. The molecule has 0 unspecified atom stereocenters. The van der Waals surface area contributed by atoms with Crippen molar-refractivity contribution in [2.75, 3.05) is 51.3 Å². The van der Waals surface area contributed by atoms with Crippen LogP contribution in [0.5, 0.6) is 5.75 Å². The average Bonchev–Trinajstić information content (AvgIpc) is 3.16. The number of hydrogen-bond donors (Lipinski definition) is 1. The molecule has 1 aliphatic rings. The summed E-state index contributed by atoms with van der Waals surface area (Å²) in [4.78, 5) is 17.7. The molecule has 0 saturated carbocycles. The number of piperazine rings is 1. The van der Waals surface area contributed by atoms with Gasteiger partial charge in [-0.2, -0.15) is 5.10 Å². The molecular formula is C26H33N5O2. The molecule has 0 aliphatic carbocycles. The Morgan fingerprint density at radius 2 is 1.67 bits per heavy atom. The van der Waals surface area contributed by atoms with E-state index in [1.54, 1.807) is 7.11 Å². The third-order valence-electron chi connectivity index (χ3n) is 6.27. The van der Waals surface area contributed by atoms with Crippen LogP contribution in [0.3, 0.4) is 0 Å². The van der Waals surface area contributed by atoms with Gasteiger partial charge in [-0.05, 0) is 63.2 Å². The number of rotatable bonds is 8. The second kappa shape index (κ2) is 10.5. The number of aromatic nitrogens is 2. The van der Waals surface area contributed by atoms with E-state index >= 15 is 0 Å². The van der Waals surface area contributed by atoms with Gasteiger partial charge in [0.15, 0.2) is 0 Å². The van der Waals surface area contributed by atoms with Gasteiger partial charge in [0.25, 0.3) is 5.91 Å². The minimum Gasteiger partial charge on any atom is -0.497 e. The summed E-state index contributed by atoms with van der Waals surface area (Å²) < 4.78 is 7.09. The summed E-state index contributed by atoms with van der Waals surface area (Å²) in [5, 5.41) is 7.67. The number of nitrogens with zero attached hydrogens (tertiary/aromatic N) is 4. The van der Waals surface area contributed by atoms with Crippen molar-refractivity contribution in [2.45, 2.75) is 20.3 Å². The Hall–Kier alpha value is -3.32. The molecule has 7 heteroatoms. The molecule has 1 aliphatic heterocycles. The highest BCUT2D eigenvalue weighted by Gasteiger charge is 2.20. The van der Waals surface area contributed by atoms with Gasteiger partial charge in [0.1, 0.15) is 5.75 Å². The molecule has 4 rings (SSSR count). The Kier molecular flexibility index (Phi) is 7.29. The van der Waals surface area contributed by atoms with E-state index in [4.69, 9.17) is 4.74 Å². The molecule has 2 heterocycles. The molecule has 174 valence electrons. The number of ether oxygens (including phenoxy) is 1. The van der Waals surface area contributed by atoms with E-state index in [2.05, 4.69) is 32.3 Å². The summed E-state index contributed by atoms with van der Waals surface area (Å²) >= 11 is 0. The van der Waals surface area contributed by atoms with Gasteiger partial charge in [-0.15, -0.1) is 0 Å². The maximum atomic E-state index is 12.8. The van der Waals surface area contributed by atoms with Crippen LogP contribution >= 0.6 is 0 Å². The molecule has 1 N–H and O–H groups in total. The number of benzene rings is 2. The Labute approximate surface area is 196 Å². The zero-order valence-corrected chi connectivity index (χ0v) is 19.8. The van der Waals surface area contributed by atoms with Crippen LogP contribution in [0.1, 0.15) is 28.2 Å². The largest absolute Gasteiger partial charge is 0.497 e. The molecule has 33 heavy (non-hydrogen) atoms. The average molecular weight is 448 g/mol. The Balaban J connectivity index is 1.22. The van der Waals surface area contributed by atoms with Crippen LogP contribution in [0.25, 0.3) is 5.69 Å². The normalized spacial score (nSPS) is 14.3. The summed E-state index contributed by atoms with van der Waals surface area (Å²) in [5.74, 6) is 0.841. The first-order chi connectivity index (χ1) is 16.1. The number of hydrogen-bond acceptors (Lipinski definition) is 5. The van der Waals surface area contributed by atoms with E-state index in [-0.39, 0.29) is 5.91 Å². The van der Waals surface area contributed by atoms with Crippen molar-refractivity contribution >= 4 is 11.6 Å². The predicted molar refractivity (Wildman–Crippen MR) is 132 cm³/mol. The van der Waals surface area contributed by atoms with E-state index in [0.717, 1.165) is 62.0 Å². The van der Waals surface area contributed by atoms with Crippen molar-refractivity contribution in [3.8, 4) is 11.4 Å². The van der Waals surface area contributed by atoms with Crippen LogP contribution in [0, 0.1) is 13.8 Å². The van der Waals surface area contributed by atoms with Gasteiger partial charge in [-0.25, -0.2) is 4.68 Å². The molecule has 3 aromatic rings. The highest BCUT2D eigenvalue weighted by molar-refractivity contribution is 5.96. The molecule has 1 saturated heterocycles. The lowest BCUT2D eigenvalue weighted by Gasteiger charge is -2.36.